The van der Waals surface area contributed by atoms with Crippen molar-refractivity contribution in [3.8, 4) is 0 Å². The van der Waals surface area contributed by atoms with Crippen molar-refractivity contribution in [3.63, 3.8) is 0 Å². The normalized spacial score (nSPS) is 14.0. The number of hydrogen-bond donors (Lipinski definition) is 0. The largest absolute Gasteiger partial charge is 0.120 e. The third-order valence-electron chi connectivity index (χ3n) is 0.750. The molecular weight excluding hydrogens is 91.0 g/mol. The second kappa shape index (κ2) is 1.93. The lowest BCUT2D eigenvalue weighted by Gasteiger charge is -2.12. The third-order valence-corrected chi connectivity index (χ3v) is 2.25. The summed E-state index contributed by atoms with van der Waals surface area (Å²) in [6, 6.07) is 0. The lowest BCUT2D eigenvalue weighted by molar-refractivity contribution is 0.797. The van der Waals surface area contributed by atoms with Crippen LogP contribution < -0.4 is 0 Å². The Bertz CT molecular complexity index is 33.7. The Kier molecular flexibility index (Phi) is 2.07. The van der Waals surface area contributed by atoms with Gasteiger partial charge < -0.3 is 0 Å². The van der Waals surface area contributed by atoms with E-state index in [1.165, 1.54) is 0 Å². The quantitative estimate of drug-likeness (QED) is 0.413. The Morgan fingerprint density at radius 1 is 1.17 bits per heavy atom. The molecule has 0 aromatic heterocycles. The molecule has 1 atom stereocenters. The van der Waals surface area contributed by atoms with E-state index in [4.69, 9.17) is 0 Å². The number of hydrogen-bond acceptors (Lipinski definition) is 0. The van der Waals surface area contributed by atoms with E-state index in [2.05, 4.69) is 27.4 Å². The molecule has 38 valence electrons. The van der Waals surface area contributed by atoms with Gasteiger partial charge in [0, 0.05) is 0 Å². The highest BCUT2D eigenvalue weighted by Gasteiger charge is 2.03. The molecule has 0 spiro atoms. The van der Waals surface area contributed by atoms with Crippen LogP contribution in [0.2, 0.25) is 0 Å². The van der Waals surface area contributed by atoms with Gasteiger partial charge in [-0.25, -0.2) is 0 Å². The maximum absolute atomic E-state index is 2.26. The van der Waals surface area contributed by atoms with Gasteiger partial charge in [-0.3, -0.25) is 0 Å². The van der Waals surface area contributed by atoms with Gasteiger partial charge in [0.2, 0.25) is 0 Å². The van der Waals surface area contributed by atoms with Crippen LogP contribution in [-0.4, -0.2) is 11.8 Å². The zero-order chi connectivity index (χ0) is 5.21. The summed E-state index contributed by atoms with van der Waals surface area (Å²) >= 11 is 0. The van der Waals surface area contributed by atoms with E-state index in [1.807, 2.05) is 0 Å². The van der Waals surface area contributed by atoms with Crippen LogP contribution in [0.5, 0.6) is 0 Å². The fourth-order valence-corrected chi connectivity index (χ4v) is 0. The predicted molar refractivity (Wildman–Crippen MR) is 34.0 cm³/mol. The van der Waals surface area contributed by atoms with Crippen molar-refractivity contribution < 1.29 is 0 Å². The zero-order valence-electron chi connectivity index (χ0n) is 5.00. The Morgan fingerprint density at radius 3 is 1.33 bits per heavy atom. The highest BCUT2D eigenvalue weighted by Crippen LogP contribution is 2.25. The molecule has 0 amide bonds. The fourth-order valence-electron chi connectivity index (χ4n) is 0. The molecule has 0 aliphatic heterocycles. The molecule has 0 nitrogen and oxygen atoms in total. The summed E-state index contributed by atoms with van der Waals surface area (Å²) in [6.07, 6.45) is 0. The smallest absolute Gasteiger partial charge is 0.0209 e. The molecular formula is C5H13P. The SMILES string of the molecule is CPC(C)(C)C. The second-order valence-electron chi connectivity index (χ2n) is 2.50. The van der Waals surface area contributed by atoms with Crippen molar-refractivity contribution in [2.75, 3.05) is 6.66 Å². The zero-order valence-corrected chi connectivity index (χ0v) is 6.00. The first-order valence-corrected chi connectivity index (χ1v) is 3.75. The van der Waals surface area contributed by atoms with Gasteiger partial charge in [0.15, 0.2) is 0 Å². The molecule has 0 saturated heterocycles. The topological polar surface area (TPSA) is 0 Å². The van der Waals surface area contributed by atoms with Gasteiger partial charge in [-0.15, -0.1) is 8.58 Å². The maximum atomic E-state index is 2.26. The van der Waals surface area contributed by atoms with E-state index >= 15 is 0 Å². The summed E-state index contributed by atoms with van der Waals surface area (Å²) in [6.45, 7) is 9.00. The molecule has 1 unspecified atom stereocenters. The van der Waals surface area contributed by atoms with Crippen LogP contribution in [0.3, 0.4) is 0 Å². The molecule has 0 bridgehead atoms. The summed E-state index contributed by atoms with van der Waals surface area (Å²) in [7, 11) is 1.07. The first-order valence-electron chi connectivity index (χ1n) is 2.25. The summed E-state index contributed by atoms with van der Waals surface area (Å²) < 4.78 is 0. The van der Waals surface area contributed by atoms with Crippen molar-refractivity contribution in [2.24, 2.45) is 0 Å². The Labute approximate surface area is 42.1 Å². The predicted octanol–water partition coefficient (Wildman–Crippen LogP) is 2.09. The van der Waals surface area contributed by atoms with Gasteiger partial charge in [0.05, 0.1) is 0 Å². The first-order chi connectivity index (χ1) is 2.56. The first kappa shape index (κ1) is 6.43. The van der Waals surface area contributed by atoms with Gasteiger partial charge >= 0.3 is 0 Å². The van der Waals surface area contributed by atoms with Crippen LogP contribution >= 0.6 is 8.58 Å². The summed E-state index contributed by atoms with van der Waals surface area (Å²) in [5.74, 6) is 0. The van der Waals surface area contributed by atoms with Crippen LogP contribution in [0.1, 0.15) is 20.8 Å². The van der Waals surface area contributed by atoms with Gasteiger partial charge in [0.25, 0.3) is 0 Å². The molecule has 1 heteroatoms. The molecule has 6 heavy (non-hydrogen) atoms. The van der Waals surface area contributed by atoms with Crippen LogP contribution in [0.15, 0.2) is 0 Å². The monoisotopic (exact) mass is 104 g/mol. The minimum absolute atomic E-state index is 0.569. The minimum atomic E-state index is 0.569. The molecule has 0 radical (unpaired) electrons. The molecule has 0 aromatic rings. The van der Waals surface area contributed by atoms with Crippen LogP contribution in [0, 0.1) is 0 Å². The van der Waals surface area contributed by atoms with E-state index in [0.717, 1.165) is 8.58 Å². The van der Waals surface area contributed by atoms with Crippen LogP contribution in [0.25, 0.3) is 0 Å². The van der Waals surface area contributed by atoms with Crippen LogP contribution in [0.4, 0.5) is 0 Å². The Hall–Kier alpha value is 0.430. The van der Waals surface area contributed by atoms with Crippen molar-refractivity contribution in [3.05, 3.63) is 0 Å². The van der Waals surface area contributed by atoms with Gasteiger partial charge in [0.1, 0.15) is 0 Å². The molecule has 0 heterocycles. The second-order valence-corrected chi connectivity index (χ2v) is 4.50. The van der Waals surface area contributed by atoms with Crippen molar-refractivity contribution in [2.45, 2.75) is 25.9 Å². The Balaban J connectivity index is 3.17. The summed E-state index contributed by atoms with van der Waals surface area (Å²) in [5, 5.41) is 0.569. The van der Waals surface area contributed by atoms with Gasteiger partial charge in [-0.1, -0.05) is 20.8 Å². The maximum Gasteiger partial charge on any atom is -0.0209 e. The average Bonchev–Trinajstić information content (AvgIpc) is 1.35. The molecule has 0 aliphatic carbocycles. The van der Waals surface area contributed by atoms with E-state index in [-0.39, 0.29) is 0 Å². The molecule has 0 N–H and O–H groups in total. The molecule has 0 aliphatic rings. The third kappa shape index (κ3) is 4.43. The van der Waals surface area contributed by atoms with Crippen molar-refractivity contribution in [1.82, 2.24) is 0 Å². The summed E-state index contributed by atoms with van der Waals surface area (Å²) in [5.41, 5.74) is 0. The van der Waals surface area contributed by atoms with E-state index < -0.39 is 0 Å². The number of rotatable bonds is 0. The molecule has 0 rings (SSSR count). The summed E-state index contributed by atoms with van der Waals surface area (Å²) in [4.78, 5) is 0. The standard InChI is InChI=1S/C5H13P/c1-5(2,3)6-4/h6H,1-4H3. The van der Waals surface area contributed by atoms with Crippen molar-refractivity contribution in [1.29, 1.82) is 0 Å². The highest BCUT2D eigenvalue weighted by molar-refractivity contribution is 7.38. The van der Waals surface area contributed by atoms with Crippen LogP contribution in [-0.2, 0) is 0 Å². The molecule has 0 aromatic carbocycles. The Morgan fingerprint density at radius 2 is 1.33 bits per heavy atom. The minimum Gasteiger partial charge on any atom is -0.120 e. The van der Waals surface area contributed by atoms with E-state index in [0.29, 0.717) is 5.16 Å². The van der Waals surface area contributed by atoms with E-state index in [1.54, 1.807) is 0 Å². The highest BCUT2D eigenvalue weighted by atomic mass is 31.1. The fraction of sp³-hybridized carbons (Fsp3) is 1.00. The van der Waals surface area contributed by atoms with Gasteiger partial charge in [-0.2, -0.15) is 0 Å². The van der Waals surface area contributed by atoms with Crippen molar-refractivity contribution >= 4 is 8.58 Å². The molecule has 0 saturated carbocycles. The lowest BCUT2D eigenvalue weighted by atomic mass is 10.3. The van der Waals surface area contributed by atoms with E-state index in [9.17, 15) is 0 Å². The van der Waals surface area contributed by atoms with Gasteiger partial charge in [-0.05, 0) is 11.8 Å². The average molecular weight is 104 g/mol. The lowest BCUT2D eigenvalue weighted by Crippen LogP contribution is -2.02. The molecule has 0 fully saturated rings.